The van der Waals surface area contributed by atoms with Crippen molar-refractivity contribution in [3.8, 4) is 55.6 Å². The second-order valence-electron chi connectivity index (χ2n) is 17.3. The molecule has 0 aliphatic heterocycles. The summed E-state index contributed by atoms with van der Waals surface area (Å²) in [5.41, 5.74) is 19.8. The summed E-state index contributed by atoms with van der Waals surface area (Å²) >= 11 is 0. The van der Waals surface area contributed by atoms with E-state index < -0.39 is 0 Å². The molecule has 1 heterocycles. The maximum Gasteiger partial charge on any atom is 0.143 e. The molecule has 11 aromatic rings. The van der Waals surface area contributed by atoms with Gasteiger partial charge in [-0.1, -0.05) is 184 Å². The van der Waals surface area contributed by atoms with Gasteiger partial charge in [0.2, 0.25) is 0 Å². The van der Waals surface area contributed by atoms with Gasteiger partial charge in [0, 0.05) is 38.8 Å². The molecule has 1 aliphatic rings. The normalized spacial score (nSPS) is 12.7. The van der Waals surface area contributed by atoms with Crippen LogP contribution in [0, 0.1) is 0 Å². The largest absolute Gasteiger partial charge is 0.455 e. The molecule has 0 N–H and O–H groups in total. The van der Waals surface area contributed by atoms with Crippen molar-refractivity contribution in [1.82, 2.24) is 0 Å². The van der Waals surface area contributed by atoms with Gasteiger partial charge in [-0.05, 0) is 127 Å². The average Bonchev–Trinajstić information content (AvgIpc) is 3.83. The van der Waals surface area contributed by atoms with Crippen LogP contribution in [-0.2, 0) is 5.41 Å². The van der Waals surface area contributed by atoms with Crippen molar-refractivity contribution in [3.63, 3.8) is 0 Å². The molecule has 0 amide bonds. The van der Waals surface area contributed by atoms with Crippen molar-refractivity contribution >= 4 is 49.8 Å². The molecular weight excluding hydrogens is 763 g/mol. The molecular formula is C61H43NO. The SMILES string of the molecule is CC1(C)c2cc(-c3ccccc3)ccc2-c2ccc(N(c3ccc(-c4ccc(-c5cccc6c5oc5ccccc56)cc4)cc3)c3ccc(-c4ccc5ccccc5c4)cc3)cc21. The van der Waals surface area contributed by atoms with Gasteiger partial charge in [0.25, 0.3) is 0 Å². The lowest BCUT2D eigenvalue weighted by molar-refractivity contribution is 0.660. The third-order valence-electron chi connectivity index (χ3n) is 13.3. The van der Waals surface area contributed by atoms with Crippen molar-refractivity contribution < 1.29 is 4.42 Å². The summed E-state index contributed by atoms with van der Waals surface area (Å²) in [4.78, 5) is 2.40. The summed E-state index contributed by atoms with van der Waals surface area (Å²) in [6, 6.07) is 81.6. The Labute approximate surface area is 368 Å². The van der Waals surface area contributed by atoms with Crippen LogP contribution < -0.4 is 4.90 Å². The average molecular weight is 806 g/mol. The van der Waals surface area contributed by atoms with Crippen LogP contribution in [0.4, 0.5) is 17.1 Å². The Morgan fingerprint density at radius 2 is 0.841 bits per heavy atom. The molecule has 0 radical (unpaired) electrons. The fourth-order valence-corrected chi connectivity index (χ4v) is 9.91. The summed E-state index contributed by atoms with van der Waals surface area (Å²) in [6.07, 6.45) is 0. The molecule has 10 aromatic carbocycles. The van der Waals surface area contributed by atoms with E-state index in [2.05, 4.69) is 231 Å². The van der Waals surface area contributed by atoms with Crippen LogP contribution in [0.25, 0.3) is 88.3 Å². The zero-order chi connectivity index (χ0) is 42.1. The minimum absolute atomic E-state index is 0.178. The fourth-order valence-electron chi connectivity index (χ4n) is 9.91. The third kappa shape index (κ3) is 6.25. The van der Waals surface area contributed by atoms with Gasteiger partial charge in [0.15, 0.2) is 0 Å². The van der Waals surface area contributed by atoms with E-state index in [-0.39, 0.29) is 5.41 Å². The Morgan fingerprint density at radius 3 is 1.59 bits per heavy atom. The standard InChI is InChI=1S/C61H43NO/c1-61(2)57-38-48(40-11-4-3-5-12-40)29-35-53(57)54-36-34-51(39-58(54)61)62(50-32-27-44(28-33-50)47-24-21-41-13-6-7-14-46(41)37-47)49-30-25-43(26-31-49)42-19-22-45(23-20-42)52-16-10-17-56-55-15-8-9-18-59(55)63-60(52)56/h3-39H,1-2H3. The molecule has 0 atom stereocenters. The third-order valence-corrected chi connectivity index (χ3v) is 13.3. The number of rotatable bonds is 7. The highest BCUT2D eigenvalue weighted by Gasteiger charge is 2.36. The maximum atomic E-state index is 6.37. The number of nitrogens with zero attached hydrogens (tertiary/aromatic N) is 1. The first-order chi connectivity index (χ1) is 31.0. The molecule has 0 saturated carbocycles. The molecule has 63 heavy (non-hydrogen) atoms. The van der Waals surface area contributed by atoms with E-state index in [0.29, 0.717) is 0 Å². The van der Waals surface area contributed by atoms with Gasteiger partial charge >= 0.3 is 0 Å². The zero-order valence-electron chi connectivity index (χ0n) is 35.2. The van der Waals surface area contributed by atoms with Crippen molar-refractivity contribution in [2.75, 3.05) is 4.90 Å². The first-order valence-electron chi connectivity index (χ1n) is 21.8. The Kier molecular flexibility index (Phi) is 8.55. The quantitative estimate of drug-likeness (QED) is 0.160. The van der Waals surface area contributed by atoms with E-state index in [9.17, 15) is 0 Å². The molecule has 0 spiro atoms. The molecule has 0 fully saturated rings. The predicted molar refractivity (Wildman–Crippen MR) is 265 cm³/mol. The van der Waals surface area contributed by atoms with Gasteiger partial charge in [-0.25, -0.2) is 0 Å². The number of para-hydroxylation sites is 2. The molecule has 2 nitrogen and oxygen atoms in total. The van der Waals surface area contributed by atoms with E-state index in [1.54, 1.807) is 0 Å². The van der Waals surface area contributed by atoms with E-state index in [1.807, 2.05) is 12.1 Å². The van der Waals surface area contributed by atoms with Crippen LogP contribution in [0.1, 0.15) is 25.0 Å². The maximum absolute atomic E-state index is 6.37. The lowest BCUT2D eigenvalue weighted by atomic mass is 9.81. The van der Waals surface area contributed by atoms with Gasteiger partial charge in [-0.15, -0.1) is 0 Å². The lowest BCUT2D eigenvalue weighted by Crippen LogP contribution is -2.16. The molecule has 0 bridgehead atoms. The summed E-state index contributed by atoms with van der Waals surface area (Å²) in [6.45, 7) is 4.74. The molecule has 0 saturated heterocycles. The van der Waals surface area contributed by atoms with Gasteiger partial charge < -0.3 is 9.32 Å². The summed E-state index contributed by atoms with van der Waals surface area (Å²) in [7, 11) is 0. The number of benzene rings is 10. The number of anilines is 3. The molecule has 2 heteroatoms. The van der Waals surface area contributed by atoms with E-state index in [4.69, 9.17) is 4.42 Å². The van der Waals surface area contributed by atoms with Crippen LogP contribution >= 0.6 is 0 Å². The van der Waals surface area contributed by atoms with Crippen LogP contribution in [0.3, 0.4) is 0 Å². The molecule has 1 aromatic heterocycles. The van der Waals surface area contributed by atoms with E-state index in [1.165, 1.54) is 66.4 Å². The van der Waals surface area contributed by atoms with Gasteiger partial charge in [0.05, 0.1) is 0 Å². The fraction of sp³-hybridized carbons (Fsp3) is 0.0492. The van der Waals surface area contributed by atoms with Crippen molar-refractivity contribution in [1.29, 1.82) is 0 Å². The minimum Gasteiger partial charge on any atom is -0.455 e. The molecule has 0 unspecified atom stereocenters. The van der Waals surface area contributed by atoms with E-state index in [0.717, 1.165) is 50.1 Å². The topological polar surface area (TPSA) is 16.4 Å². The smallest absolute Gasteiger partial charge is 0.143 e. The van der Waals surface area contributed by atoms with E-state index >= 15 is 0 Å². The molecule has 1 aliphatic carbocycles. The lowest BCUT2D eigenvalue weighted by Gasteiger charge is -2.28. The van der Waals surface area contributed by atoms with Crippen LogP contribution in [0.2, 0.25) is 0 Å². The highest BCUT2D eigenvalue weighted by atomic mass is 16.3. The molecule has 12 rings (SSSR count). The predicted octanol–water partition coefficient (Wildman–Crippen LogP) is 17.2. The van der Waals surface area contributed by atoms with Gasteiger partial charge in [0.1, 0.15) is 11.2 Å². The van der Waals surface area contributed by atoms with Crippen molar-refractivity contribution in [2.24, 2.45) is 0 Å². The van der Waals surface area contributed by atoms with Gasteiger partial charge in [-0.2, -0.15) is 0 Å². The highest BCUT2D eigenvalue weighted by molar-refractivity contribution is 6.09. The number of fused-ring (bicyclic) bond motifs is 7. The number of furan rings is 1. The summed E-state index contributed by atoms with van der Waals surface area (Å²) in [5.74, 6) is 0. The van der Waals surface area contributed by atoms with Crippen LogP contribution in [-0.4, -0.2) is 0 Å². The summed E-state index contributed by atoms with van der Waals surface area (Å²) < 4.78 is 6.37. The second kappa shape index (κ2) is 14.6. The van der Waals surface area contributed by atoms with Crippen molar-refractivity contribution in [3.05, 3.63) is 236 Å². The Balaban J connectivity index is 0.908. The van der Waals surface area contributed by atoms with Crippen molar-refractivity contribution in [2.45, 2.75) is 19.3 Å². The number of hydrogen-bond acceptors (Lipinski definition) is 2. The first-order valence-corrected chi connectivity index (χ1v) is 21.8. The van der Waals surface area contributed by atoms with Gasteiger partial charge in [-0.3, -0.25) is 0 Å². The van der Waals surface area contributed by atoms with Crippen LogP contribution in [0.15, 0.2) is 229 Å². The molecule has 298 valence electrons. The zero-order valence-corrected chi connectivity index (χ0v) is 35.2. The Hall–Kier alpha value is -7.94. The Morgan fingerprint density at radius 1 is 0.333 bits per heavy atom. The van der Waals surface area contributed by atoms with Crippen LogP contribution in [0.5, 0.6) is 0 Å². The second-order valence-corrected chi connectivity index (χ2v) is 17.3. The summed E-state index contributed by atoms with van der Waals surface area (Å²) in [5, 5.41) is 4.79. The minimum atomic E-state index is -0.178. The monoisotopic (exact) mass is 805 g/mol. The Bertz CT molecular complexity index is 3500. The number of hydrogen-bond donors (Lipinski definition) is 0. The highest BCUT2D eigenvalue weighted by Crippen LogP contribution is 2.52. The first kappa shape index (κ1) is 36.9.